The number of rotatable bonds is 7. The zero-order valence-corrected chi connectivity index (χ0v) is 15.9. The molecule has 27 heavy (non-hydrogen) atoms. The predicted octanol–water partition coefficient (Wildman–Crippen LogP) is 1.58. The molecule has 0 fully saturated rings. The van der Waals surface area contributed by atoms with Crippen LogP contribution in [-0.2, 0) is 17.8 Å². The fraction of sp³-hybridized carbons (Fsp3) is 0.444. The van der Waals surface area contributed by atoms with Gasteiger partial charge in [-0.1, -0.05) is 6.07 Å². The van der Waals surface area contributed by atoms with Gasteiger partial charge in [0, 0.05) is 6.54 Å². The van der Waals surface area contributed by atoms with E-state index in [2.05, 4.69) is 15.3 Å². The van der Waals surface area contributed by atoms with Crippen LogP contribution in [0.25, 0.3) is 0 Å². The van der Waals surface area contributed by atoms with Crippen LogP contribution in [0, 0.1) is 0 Å². The molecule has 0 saturated heterocycles. The van der Waals surface area contributed by atoms with Gasteiger partial charge in [0.15, 0.2) is 11.5 Å². The maximum Gasteiger partial charge on any atom is 0.343 e. The van der Waals surface area contributed by atoms with Crippen LogP contribution in [-0.4, -0.2) is 62.3 Å². The third-order valence-corrected chi connectivity index (χ3v) is 4.53. The summed E-state index contributed by atoms with van der Waals surface area (Å²) >= 11 is 0. The molecule has 3 rings (SSSR count). The summed E-state index contributed by atoms with van der Waals surface area (Å²) < 4.78 is 22.8. The number of hydrogen-bond donors (Lipinski definition) is 1. The minimum atomic E-state index is -0.396. The third kappa shape index (κ3) is 3.63. The largest absolute Gasteiger partial charge is 0.493 e. The number of anilines is 1. The van der Waals surface area contributed by atoms with Crippen LogP contribution < -0.4 is 19.5 Å². The first-order chi connectivity index (χ1) is 13.1. The van der Waals surface area contributed by atoms with Crippen molar-refractivity contribution in [2.75, 3.05) is 47.0 Å². The molecular weight excluding hydrogens is 352 g/mol. The van der Waals surface area contributed by atoms with E-state index in [1.165, 1.54) is 13.3 Å². The highest BCUT2D eigenvalue weighted by atomic mass is 16.5. The molecule has 0 aliphatic carbocycles. The number of aromatic nitrogens is 2. The molecule has 0 spiro atoms. The number of carbonyl (C=O) groups is 1. The zero-order chi connectivity index (χ0) is 19.4. The van der Waals surface area contributed by atoms with Gasteiger partial charge in [-0.2, -0.15) is 5.10 Å². The number of methoxy groups -OCH3 is 4. The van der Waals surface area contributed by atoms with Crippen molar-refractivity contribution >= 4 is 11.8 Å². The average molecular weight is 376 g/mol. The lowest BCUT2D eigenvalue weighted by Gasteiger charge is -2.29. The van der Waals surface area contributed by atoms with E-state index in [-0.39, 0.29) is 0 Å². The number of esters is 1. The lowest BCUT2D eigenvalue weighted by Crippen LogP contribution is -2.39. The van der Waals surface area contributed by atoms with Crippen LogP contribution in [0.3, 0.4) is 0 Å². The second kappa shape index (κ2) is 8.17. The summed E-state index contributed by atoms with van der Waals surface area (Å²) in [6.45, 7) is 1.95. The Kier molecular flexibility index (Phi) is 5.70. The van der Waals surface area contributed by atoms with Crippen molar-refractivity contribution in [3.8, 4) is 17.2 Å². The van der Waals surface area contributed by atoms with E-state index in [0.29, 0.717) is 42.0 Å². The summed E-state index contributed by atoms with van der Waals surface area (Å²) in [5.74, 6) is 2.18. The van der Waals surface area contributed by atoms with E-state index in [9.17, 15) is 4.79 Å². The van der Waals surface area contributed by atoms with Crippen molar-refractivity contribution in [3.63, 3.8) is 0 Å². The Morgan fingerprint density at radius 1 is 1.15 bits per heavy atom. The molecule has 1 aliphatic heterocycles. The standard InChI is InChI=1S/C18H24N4O5/c1-24-14-6-5-12(15(25-2)16(14)26-3)7-8-21-10-19-17-13(18(23)27-4)9-20-22(17)11-21/h5-6,9,19H,7-8,10-11H2,1-4H3. The van der Waals surface area contributed by atoms with Gasteiger partial charge in [-0.3, -0.25) is 4.90 Å². The summed E-state index contributed by atoms with van der Waals surface area (Å²) in [4.78, 5) is 13.9. The van der Waals surface area contributed by atoms with Crippen molar-refractivity contribution in [3.05, 3.63) is 29.5 Å². The Hall–Kier alpha value is -2.94. The second-order valence-electron chi connectivity index (χ2n) is 6.01. The van der Waals surface area contributed by atoms with Gasteiger partial charge >= 0.3 is 5.97 Å². The summed E-state index contributed by atoms with van der Waals surface area (Å²) in [5.41, 5.74) is 1.47. The molecule has 0 amide bonds. The normalized spacial score (nSPS) is 13.5. The van der Waals surface area contributed by atoms with Crippen molar-refractivity contribution in [1.82, 2.24) is 14.7 Å². The molecule has 0 unspecified atom stereocenters. The molecule has 2 aromatic rings. The molecular formula is C18H24N4O5. The maximum atomic E-state index is 11.8. The van der Waals surface area contributed by atoms with Gasteiger partial charge in [0.25, 0.3) is 0 Å². The number of carbonyl (C=O) groups excluding carboxylic acids is 1. The van der Waals surface area contributed by atoms with Crippen LogP contribution in [0.5, 0.6) is 17.2 Å². The lowest BCUT2D eigenvalue weighted by atomic mass is 10.1. The summed E-state index contributed by atoms with van der Waals surface area (Å²) in [5, 5.41) is 7.50. The van der Waals surface area contributed by atoms with Gasteiger partial charge in [0.2, 0.25) is 5.75 Å². The fourth-order valence-corrected chi connectivity index (χ4v) is 3.15. The average Bonchev–Trinajstić information content (AvgIpc) is 3.13. The van der Waals surface area contributed by atoms with Gasteiger partial charge in [0.05, 0.1) is 48.0 Å². The fourth-order valence-electron chi connectivity index (χ4n) is 3.15. The molecule has 9 heteroatoms. The number of benzene rings is 1. The first-order valence-electron chi connectivity index (χ1n) is 8.51. The monoisotopic (exact) mass is 376 g/mol. The van der Waals surface area contributed by atoms with Crippen LogP contribution in [0.15, 0.2) is 18.3 Å². The minimum Gasteiger partial charge on any atom is -0.493 e. The van der Waals surface area contributed by atoms with E-state index in [4.69, 9.17) is 18.9 Å². The minimum absolute atomic E-state index is 0.396. The topological polar surface area (TPSA) is 87.1 Å². The van der Waals surface area contributed by atoms with E-state index in [1.807, 2.05) is 12.1 Å². The van der Waals surface area contributed by atoms with Gasteiger partial charge in [-0.05, 0) is 18.1 Å². The summed E-state index contributed by atoms with van der Waals surface area (Å²) in [6.07, 6.45) is 2.28. The first kappa shape index (κ1) is 18.8. The number of fused-ring (bicyclic) bond motifs is 1. The van der Waals surface area contributed by atoms with Crippen LogP contribution >= 0.6 is 0 Å². The Balaban J connectivity index is 1.70. The number of nitrogens with one attached hydrogen (secondary N) is 1. The Morgan fingerprint density at radius 3 is 2.59 bits per heavy atom. The van der Waals surface area contributed by atoms with Crippen LogP contribution in [0.4, 0.5) is 5.82 Å². The lowest BCUT2D eigenvalue weighted by molar-refractivity contribution is 0.0601. The van der Waals surface area contributed by atoms with Crippen molar-refractivity contribution in [2.45, 2.75) is 13.1 Å². The zero-order valence-electron chi connectivity index (χ0n) is 15.9. The van der Waals surface area contributed by atoms with Gasteiger partial charge < -0.3 is 24.3 Å². The van der Waals surface area contributed by atoms with Crippen molar-refractivity contribution in [1.29, 1.82) is 0 Å². The Bertz CT molecular complexity index is 820. The molecule has 9 nitrogen and oxygen atoms in total. The Labute approximate surface area is 157 Å². The number of ether oxygens (including phenoxy) is 4. The van der Waals surface area contributed by atoms with E-state index in [1.54, 1.807) is 26.0 Å². The molecule has 1 aliphatic rings. The molecule has 0 radical (unpaired) electrons. The molecule has 1 aromatic carbocycles. The molecule has 0 bridgehead atoms. The van der Waals surface area contributed by atoms with E-state index >= 15 is 0 Å². The highest BCUT2D eigenvalue weighted by molar-refractivity contribution is 5.94. The first-order valence-corrected chi connectivity index (χ1v) is 8.51. The predicted molar refractivity (Wildman–Crippen MR) is 98.6 cm³/mol. The van der Waals surface area contributed by atoms with E-state index in [0.717, 1.165) is 18.5 Å². The molecule has 146 valence electrons. The molecule has 0 atom stereocenters. The van der Waals surface area contributed by atoms with Crippen molar-refractivity contribution < 1.29 is 23.7 Å². The number of nitrogens with zero attached hydrogens (tertiary/aromatic N) is 3. The van der Waals surface area contributed by atoms with Crippen molar-refractivity contribution in [2.24, 2.45) is 0 Å². The van der Waals surface area contributed by atoms with Gasteiger partial charge in [-0.25, -0.2) is 9.48 Å². The Morgan fingerprint density at radius 2 is 1.93 bits per heavy atom. The van der Waals surface area contributed by atoms with E-state index < -0.39 is 5.97 Å². The highest BCUT2D eigenvalue weighted by Gasteiger charge is 2.24. The molecule has 2 heterocycles. The third-order valence-electron chi connectivity index (χ3n) is 4.53. The summed E-state index contributed by atoms with van der Waals surface area (Å²) in [7, 11) is 6.17. The smallest absolute Gasteiger partial charge is 0.343 e. The second-order valence-corrected chi connectivity index (χ2v) is 6.01. The SMILES string of the molecule is COC(=O)c1cnn2c1NCN(CCc1ccc(OC)c(OC)c1OC)C2. The quantitative estimate of drug-likeness (QED) is 0.729. The molecule has 1 N–H and O–H groups in total. The molecule has 0 saturated carbocycles. The number of hydrogen-bond acceptors (Lipinski definition) is 8. The molecule has 1 aromatic heterocycles. The van der Waals surface area contributed by atoms with Crippen LogP contribution in [0.2, 0.25) is 0 Å². The van der Waals surface area contributed by atoms with Gasteiger partial charge in [-0.15, -0.1) is 0 Å². The maximum absolute atomic E-state index is 11.8. The highest BCUT2D eigenvalue weighted by Crippen LogP contribution is 2.40. The van der Waals surface area contributed by atoms with Crippen LogP contribution in [0.1, 0.15) is 15.9 Å². The summed E-state index contributed by atoms with van der Waals surface area (Å²) in [6, 6.07) is 3.85. The van der Waals surface area contributed by atoms with Gasteiger partial charge in [0.1, 0.15) is 11.4 Å².